The summed E-state index contributed by atoms with van der Waals surface area (Å²) in [5, 5.41) is 3.01. The Kier molecular flexibility index (Phi) is 5.94. The SMILES string of the molecule is COCc1ccccc1NCCOCC(F)(F)F. The zero-order valence-electron chi connectivity index (χ0n) is 10.1. The Balaban J connectivity index is 2.31. The molecule has 0 aliphatic carbocycles. The first-order chi connectivity index (χ1) is 8.53. The van der Waals surface area contributed by atoms with Crippen LogP contribution in [0.3, 0.4) is 0 Å². The Morgan fingerprint density at radius 3 is 2.61 bits per heavy atom. The maximum Gasteiger partial charge on any atom is 0.411 e. The molecule has 0 atom stereocenters. The molecule has 0 amide bonds. The van der Waals surface area contributed by atoms with Gasteiger partial charge < -0.3 is 14.8 Å². The average Bonchev–Trinajstić information content (AvgIpc) is 2.29. The van der Waals surface area contributed by atoms with Gasteiger partial charge in [-0.15, -0.1) is 0 Å². The van der Waals surface area contributed by atoms with Gasteiger partial charge in [-0.2, -0.15) is 13.2 Å². The van der Waals surface area contributed by atoms with Gasteiger partial charge in [0.1, 0.15) is 6.61 Å². The van der Waals surface area contributed by atoms with E-state index in [9.17, 15) is 13.2 Å². The number of methoxy groups -OCH3 is 1. The van der Waals surface area contributed by atoms with E-state index in [0.717, 1.165) is 11.3 Å². The van der Waals surface area contributed by atoms with E-state index in [1.165, 1.54) is 0 Å². The fourth-order valence-electron chi connectivity index (χ4n) is 1.42. The predicted molar refractivity (Wildman–Crippen MR) is 62.5 cm³/mol. The van der Waals surface area contributed by atoms with Crippen LogP contribution in [-0.4, -0.2) is 33.0 Å². The fraction of sp³-hybridized carbons (Fsp3) is 0.500. The lowest BCUT2D eigenvalue weighted by atomic mass is 10.2. The molecule has 0 radical (unpaired) electrons. The minimum atomic E-state index is -4.27. The summed E-state index contributed by atoms with van der Waals surface area (Å²) in [6.45, 7) is -0.446. The van der Waals surface area contributed by atoms with Crippen molar-refractivity contribution >= 4 is 5.69 Å². The van der Waals surface area contributed by atoms with Gasteiger partial charge in [-0.3, -0.25) is 0 Å². The van der Waals surface area contributed by atoms with Crippen molar-refractivity contribution in [1.29, 1.82) is 0 Å². The third kappa shape index (κ3) is 5.88. The topological polar surface area (TPSA) is 30.5 Å². The van der Waals surface area contributed by atoms with Crippen LogP contribution in [0, 0.1) is 0 Å². The number of hydrogen-bond acceptors (Lipinski definition) is 3. The highest BCUT2D eigenvalue weighted by Gasteiger charge is 2.27. The summed E-state index contributed by atoms with van der Waals surface area (Å²) in [6, 6.07) is 7.46. The Labute approximate surface area is 104 Å². The second-order valence-corrected chi connectivity index (χ2v) is 3.68. The maximum absolute atomic E-state index is 11.8. The molecule has 0 aromatic heterocycles. The molecular formula is C12H16F3NO2. The summed E-state index contributed by atoms with van der Waals surface area (Å²) in [6.07, 6.45) is -4.27. The van der Waals surface area contributed by atoms with Crippen molar-refractivity contribution in [2.45, 2.75) is 12.8 Å². The summed E-state index contributed by atoms with van der Waals surface area (Å²) in [5.41, 5.74) is 1.80. The molecule has 0 bridgehead atoms. The highest BCUT2D eigenvalue weighted by Crippen LogP contribution is 2.16. The molecule has 0 aliphatic heterocycles. The molecule has 18 heavy (non-hydrogen) atoms. The maximum atomic E-state index is 11.8. The predicted octanol–water partition coefficient (Wildman–Crippen LogP) is 2.82. The molecule has 1 N–H and O–H groups in total. The quantitative estimate of drug-likeness (QED) is 0.767. The first-order valence-electron chi connectivity index (χ1n) is 5.48. The van der Waals surface area contributed by atoms with E-state index in [0.29, 0.717) is 13.2 Å². The molecule has 0 aliphatic rings. The zero-order chi connectivity index (χ0) is 13.4. The number of nitrogens with one attached hydrogen (secondary N) is 1. The van der Waals surface area contributed by atoms with Gasteiger partial charge in [-0.1, -0.05) is 18.2 Å². The second kappa shape index (κ2) is 7.23. The number of anilines is 1. The number of hydrogen-bond donors (Lipinski definition) is 1. The average molecular weight is 263 g/mol. The van der Waals surface area contributed by atoms with E-state index in [-0.39, 0.29) is 6.61 Å². The number of benzene rings is 1. The van der Waals surface area contributed by atoms with E-state index in [2.05, 4.69) is 10.1 Å². The van der Waals surface area contributed by atoms with Crippen LogP contribution in [-0.2, 0) is 16.1 Å². The van der Waals surface area contributed by atoms with E-state index in [4.69, 9.17) is 4.74 Å². The summed E-state index contributed by atoms with van der Waals surface area (Å²) >= 11 is 0. The van der Waals surface area contributed by atoms with Gasteiger partial charge in [-0.25, -0.2) is 0 Å². The molecule has 102 valence electrons. The van der Waals surface area contributed by atoms with E-state index in [1.54, 1.807) is 7.11 Å². The smallest absolute Gasteiger partial charge is 0.382 e. The number of alkyl halides is 3. The van der Waals surface area contributed by atoms with Gasteiger partial charge in [0, 0.05) is 24.9 Å². The van der Waals surface area contributed by atoms with Crippen molar-refractivity contribution in [2.75, 3.05) is 32.2 Å². The van der Waals surface area contributed by atoms with Crippen LogP contribution in [0.15, 0.2) is 24.3 Å². The van der Waals surface area contributed by atoms with Crippen molar-refractivity contribution < 1.29 is 22.6 Å². The first-order valence-corrected chi connectivity index (χ1v) is 5.48. The number of halogens is 3. The van der Waals surface area contributed by atoms with Crippen LogP contribution in [0.2, 0.25) is 0 Å². The number of ether oxygens (including phenoxy) is 2. The van der Waals surface area contributed by atoms with Crippen molar-refractivity contribution in [3.05, 3.63) is 29.8 Å². The van der Waals surface area contributed by atoms with Gasteiger partial charge in [0.25, 0.3) is 0 Å². The minimum Gasteiger partial charge on any atom is -0.382 e. The van der Waals surface area contributed by atoms with E-state index < -0.39 is 12.8 Å². The van der Waals surface area contributed by atoms with Gasteiger partial charge >= 0.3 is 6.18 Å². The molecule has 0 saturated heterocycles. The van der Waals surface area contributed by atoms with Crippen LogP contribution < -0.4 is 5.32 Å². The van der Waals surface area contributed by atoms with E-state index in [1.807, 2.05) is 24.3 Å². The van der Waals surface area contributed by atoms with Gasteiger partial charge in [-0.05, 0) is 6.07 Å². The van der Waals surface area contributed by atoms with Crippen molar-refractivity contribution in [1.82, 2.24) is 0 Å². The van der Waals surface area contributed by atoms with Crippen molar-refractivity contribution in [2.24, 2.45) is 0 Å². The molecule has 1 aromatic carbocycles. The molecule has 1 rings (SSSR count). The number of para-hydroxylation sites is 1. The number of rotatable bonds is 7. The standard InChI is InChI=1S/C12H16F3NO2/c1-17-8-10-4-2-3-5-11(10)16-6-7-18-9-12(13,14)15/h2-5,16H,6-9H2,1H3. The molecule has 6 heteroatoms. The Hall–Kier alpha value is -1.27. The fourth-order valence-corrected chi connectivity index (χ4v) is 1.42. The highest BCUT2D eigenvalue weighted by atomic mass is 19.4. The molecule has 0 fully saturated rings. The van der Waals surface area contributed by atoms with Crippen molar-refractivity contribution in [3.63, 3.8) is 0 Å². The zero-order valence-corrected chi connectivity index (χ0v) is 10.1. The molecule has 0 spiro atoms. The molecule has 0 heterocycles. The molecule has 1 aromatic rings. The van der Waals surface area contributed by atoms with Gasteiger partial charge in [0.05, 0.1) is 13.2 Å². The van der Waals surface area contributed by atoms with Gasteiger partial charge in [0.2, 0.25) is 0 Å². The highest BCUT2D eigenvalue weighted by molar-refractivity contribution is 5.50. The van der Waals surface area contributed by atoms with Crippen molar-refractivity contribution in [3.8, 4) is 0 Å². The minimum absolute atomic E-state index is 0.000820. The summed E-state index contributed by atoms with van der Waals surface area (Å²) < 4.78 is 44.9. The lowest BCUT2D eigenvalue weighted by molar-refractivity contribution is -0.172. The summed E-state index contributed by atoms with van der Waals surface area (Å²) in [7, 11) is 1.59. The van der Waals surface area contributed by atoms with Crippen LogP contribution >= 0.6 is 0 Å². The molecule has 3 nitrogen and oxygen atoms in total. The normalized spacial score (nSPS) is 11.6. The summed E-state index contributed by atoms with van der Waals surface area (Å²) in [4.78, 5) is 0. The van der Waals surface area contributed by atoms with E-state index >= 15 is 0 Å². The lowest BCUT2D eigenvalue weighted by Crippen LogP contribution is -2.20. The Bertz CT molecular complexity index is 355. The molecule has 0 saturated carbocycles. The van der Waals surface area contributed by atoms with Crippen LogP contribution in [0.25, 0.3) is 0 Å². The Morgan fingerprint density at radius 1 is 1.22 bits per heavy atom. The Morgan fingerprint density at radius 2 is 1.94 bits per heavy atom. The monoisotopic (exact) mass is 263 g/mol. The van der Waals surface area contributed by atoms with Crippen LogP contribution in [0.5, 0.6) is 0 Å². The third-order valence-corrected chi connectivity index (χ3v) is 2.14. The largest absolute Gasteiger partial charge is 0.411 e. The molecular weight excluding hydrogens is 247 g/mol. The second-order valence-electron chi connectivity index (χ2n) is 3.68. The summed E-state index contributed by atoms with van der Waals surface area (Å²) in [5.74, 6) is 0. The third-order valence-electron chi connectivity index (χ3n) is 2.14. The lowest BCUT2D eigenvalue weighted by Gasteiger charge is -2.12. The first kappa shape index (κ1) is 14.8. The van der Waals surface area contributed by atoms with Crippen LogP contribution in [0.1, 0.15) is 5.56 Å². The molecule has 0 unspecified atom stereocenters. The van der Waals surface area contributed by atoms with Crippen LogP contribution in [0.4, 0.5) is 18.9 Å². The van der Waals surface area contributed by atoms with Gasteiger partial charge in [0.15, 0.2) is 0 Å².